The Balaban J connectivity index is 1.84. The molecule has 1 fully saturated rings. The van der Waals surface area contributed by atoms with E-state index in [0.717, 1.165) is 18.5 Å². The van der Waals surface area contributed by atoms with Gasteiger partial charge in [0.05, 0.1) is 0 Å². The zero-order valence-corrected chi connectivity index (χ0v) is 13.3. The number of nitrogens with zero attached hydrogens (tertiary/aromatic N) is 3. The first-order chi connectivity index (χ1) is 10.4. The smallest absolute Gasteiger partial charge is 0.410 e. The van der Waals surface area contributed by atoms with Crippen LogP contribution in [0, 0.1) is 11.3 Å². The van der Waals surface area contributed by atoms with Crippen molar-refractivity contribution in [2.45, 2.75) is 45.3 Å². The van der Waals surface area contributed by atoms with E-state index in [2.05, 4.69) is 10.3 Å². The second-order valence-corrected chi connectivity index (χ2v) is 6.43. The number of amides is 1. The first kappa shape index (κ1) is 16.1. The van der Waals surface area contributed by atoms with Gasteiger partial charge in [-0.2, -0.15) is 5.26 Å². The van der Waals surface area contributed by atoms with Crippen LogP contribution in [0.2, 0.25) is 0 Å². The minimum absolute atomic E-state index is 0.248. The Bertz CT molecular complexity index is 566. The Morgan fingerprint density at radius 2 is 2.14 bits per heavy atom. The summed E-state index contributed by atoms with van der Waals surface area (Å²) in [6, 6.07) is 5.90. The third-order valence-corrected chi connectivity index (χ3v) is 3.39. The van der Waals surface area contributed by atoms with Crippen LogP contribution in [0.25, 0.3) is 0 Å². The van der Waals surface area contributed by atoms with Gasteiger partial charge in [-0.25, -0.2) is 9.78 Å². The number of rotatable bonds is 2. The number of pyridine rings is 1. The van der Waals surface area contributed by atoms with Crippen molar-refractivity contribution in [3.8, 4) is 6.07 Å². The number of carbonyl (C=O) groups excluding carboxylic acids is 1. The first-order valence-corrected chi connectivity index (χ1v) is 7.48. The Kier molecular flexibility index (Phi) is 4.86. The third kappa shape index (κ3) is 4.62. The average Bonchev–Trinajstić information content (AvgIpc) is 2.46. The molecule has 0 spiro atoms. The molecule has 0 atom stereocenters. The number of hydrogen-bond acceptors (Lipinski definition) is 5. The number of hydrogen-bond donors (Lipinski definition) is 1. The summed E-state index contributed by atoms with van der Waals surface area (Å²) in [4.78, 5) is 17.7. The fourth-order valence-electron chi connectivity index (χ4n) is 2.35. The van der Waals surface area contributed by atoms with Gasteiger partial charge < -0.3 is 15.0 Å². The maximum Gasteiger partial charge on any atom is 0.410 e. The molecule has 22 heavy (non-hydrogen) atoms. The number of piperidine rings is 1. The molecule has 0 aromatic carbocycles. The van der Waals surface area contributed by atoms with Gasteiger partial charge in [0.1, 0.15) is 17.4 Å². The van der Waals surface area contributed by atoms with E-state index < -0.39 is 5.60 Å². The first-order valence-electron chi connectivity index (χ1n) is 7.48. The van der Waals surface area contributed by atoms with E-state index in [9.17, 15) is 4.79 Å². The normalized spacial score (nSPS) is 16.0. The Labute approximate surface area is 131 Å². The summed E-state index contributed by atoms with van der Waals surface area (Å²) in [5, 5.41) is 12.3. The predicted octanol–water partition coefficient (Wildman–Crippen LogP) is 2.76. The van der Waals surface area contributed by atoms with Crippen LogP contribution >= 0.6 is 0 Å². The van der Waals surface area contributed by atoms with Crippen molar-refractivity contribution in [2.75, 3.05) is 18.4 Å². The highest BCUT2D eigenvalue weighted by molar-refractivity contribution is 5.68. The summed E-state index contributed by atoms with van der Waals surface area (Å²) in [5.74, 6) is 0. The van der Waals surface area contributed by atoms with Gasteiger partial charge in [0.2, 0.25) is 0 Å². The van der Waals surface area contributed by atoms with Gasteiger partial charge >= 0.3 is 6.09 Å². The van der Waals surface area contributed by atoms with Gasteiger partial charge in [0.25, 0.3) is 0 Å². The van der Waals surface area contributed by atoms with Gasteiger partial charge in [-0.05, 0) is 45.7 Å². The van der Waals surface area contributed by atoms with Crippen molar-refractivity contribution in [3.05, 3.63) is 24.0 Å². The Hall–Kier alpha value is -2.29. The Morgan fingerprint density at radius 1 is 1.45 bits per heavy atom. The largest absolute Gasteiger partial charge is 0.444 e. The minimum Gasteiger partial charge on any atom is -0.444 e. The van der Waals surface area contributed by atoms with E-state index >= 15 is 0 Å². The maximum absolute atomic E-state index is 12.0. The number of ether oxygens (including phenoxy) is 1. The molecule has 1 aliphatic heterocycles. The van der Waals surface area contributed by atoms with Crippen LogP contribution in [0.1, 0.15) is 39.3 Å². The van der Waals surface area contributed by atoms with E-state index in [0.29, 0.717) is 18.8 Å². The number of aromatic nitrogens is 1. The fraction of sp³-hybridized carbons (Fsp3) is 0.562. The lowest BCUT2D eigenvalue weighted by atomic mass is 10.1. The molecule has 0 unspecified atom stereocenters. The number of nitriles is 1. The molecule has 1 aliphatic rings. The van der Waals surface area contributed by atoms with E-state index in [4.69, 9.17) is 10.00 Å². The molecule has 1 amide bonds. The molecule has 0 radical (unpaired) electrons. The van der Waals surface area contributed by atoms with Crippen molar-refractivity contribution < 1.29 is 9.53 Å². The zero-order valence-electron chi connectivity index (χ0n) is 13.3. The van der Waals surface area contributed by atoms with Crippen LogP contribution in [0.4, 0.5) is 10.5 Å². The standard InChI is InChI=1S/C16H22N4O2/c1-16(2,3)22-15(21)20-8-5-12(6-9-20)19-13-4-7-18-14(10-13)11-17/h4,7,10,12H,5-6,8-9H2,1-3H3,(H,18,19). The van der Waals surface area contributed by atoms with Crippen LogP contribution in [0.15, 0.2) is 18.3 Å². The van der Waals surface area contributed by atoms with Crippen LogP contribution in [-0.2, 0) is 4.74 Å². The van der Waals surface area contributed by atoms with Crippen molar-refractivity contribution in [3.63, 3.8) is 0 Å². The highest BCUT2D eigenvalue weighted by atomic mass is 16.6. The van der Waals surface area contributed by atoms with Gasteiger partial charge in [-0.3, -0.25) is 0 Å². The summed E-state index contributed by atoms with van der Waals surface area (Å²) in [5.41, 5.74) is 0.829. The predicted molar refractivity (Wildman–Crippen MR) is 83.4 cm³/mol. The van der Waals surface area contributed by atoms with Gasteiger partial charge in [0, 0.05) is 31.0 Å². The van der Waals surface area contributed by atoms with Crippen LogP contribution in [0.5, 0.6) is 0 Å². The highest BCUT2D eigenvalue weighted by Gasteiger charge is 2.26. The van der Waals surface area contributed by atoms with Crippen molar-refractivity contribution in [2.24, 2.45) is 0 Å². The molecule has 1 saturated heterocycles. The lowest BCUT2D eigenvalue weighted by Gasteiger charge is -2.34. The highest BCUT2D eigenvalue weighted by Crippen LogP contribution is 2.19. The van der Waals surface area contributed by atoms with Crippen molar-refractivity contribution in [1.82, 2.24) is 9.88 Å². The molecule has 1 aromatic rings. The third-order valence-electron chi connectivity index (χ3n) is 3.39. The summed E-state index contributed by atoms with van der Waals surface area (Å²) >= 11 is 0. The fourth-order valence-corrected chi connectivity index (χ4v) is 2.35. The van der Waals surface area contributed by atoms with E-state index in [1.54, 1.807) is 17.2 Å². The molecule has 118 valence electrons. The molecule has 1 aromatic heterocycles. The molecule has 2 rings (SSSR count). The summed E-state index contributed by atoms with van der Waals surface area (Å²) in [6.07, 6.45) is 3.07. The van der Waals surface area contributed by atoms with Gasteiger partial charge in [-0.1, -0.05) is 0 Å². The SMILES string of the molecule is CC(C)(C)OC(=O)N1CCC(Nc2ccnc(C#N)c2)CC1. The lowest BCUT2D eigenvalue weighted by molar-refractivity contribution is 0.0210. The number of carbonyl (C=O) groups is 1. The molecule has 6 nitrogen and oxygen atoms in total. The summed E-state index contributed by atoms with van der Waals surface area (Å²) in [7, 11) is 0. The molecule has 0 aliphatic carbocycles. The molecule has 2 heterocycles. The number of nitrogens with one attached hydrogen (secondary N) is 1. The van der Waals surface area contributed by atoms with E-state index in [-0.39, 0.29) is 12.1 Å². The molecule has 0 bridgehead atoms. The molecule has 6 heteroatoms. The monoisotopic (exact) mass is 302 g/mol. The number of likely N-dealkylation sites (tertiary alicyclic amines) is 1. The lowest BCUT2D eigenvalue weighted by Crippen LogP contribution is -2.44. The summed E-state index contributed by atoms with van der Waals surface area (Å²) in [6.45, 7) is 6.95. The van der Waals surface area contributed by atoms with E-state index in [1.165, 1.54) is 0 Å². The molecule has 0 saturated carbocycles. The second kappa shape index (κ2) is 6.65. The maximum atomic E-state index is 12.0. The Morgan fingerprint density at radius 3 is 2.73 bits per heavy atom. The summed E-state index contributed by atoms with van der Waals surface area (Å²) < 4.78 is 5.38. The minimum atomic E-state index is -0.461. The van der Waals surface area contributed by atoms with Gasteiger partial charge in [-0.15, -0.1) is 0 Å². The van der Waals surface area contributed by atoms with Crippen LogP contribution in [0.3, 0.4) is 0 Å². The van der Waals surface area contributed by atoms with Crippen molar-refractivity contribution >= 4 is 11.8 Å². The van der Waals surface area contributed by atoms with Crippen LogP contribution in [-0.4, -0.2) is 40.7 Å². The van der Waals surface area contributed by atoms with Crippen molar-refractivity contribution in [1.29, 1.82) is 5.26 Å². The van der Waals surface area contributed by atoms with E-state index in [1.807, 2.05) is 32.9 Å². The zero-order chi connectivity index (χ0) is 16.2. The molecule has 1 N–H and O–H groups in total. The topological polar surface area (TPSA) is 78.2 Å². The molecular weight excluding hydrogens is 280 g/mol. The quantitative estimate of drug-likeness (QED) is 0.908. The average molecular weight is 302 g/mol. The second-order valence-electron chi connectivity index (χ2n) is 6.43. The van der Waals surface area contributed by atoms with Crippen LogP contribution < -0.4 is 5.32 Å². The number of anilines is 1. The molecular formula is C16H22N4O2. The van der Waals surface area contributed by atoms with Gasteiger partial charge in [0.15, 0.2) is 0 Å².